The van der Waals surface area contributed by atoms with Crippen LogP contribution in [0.4, 0.5) is 0 Å². The minimum absolute atomic E-state index is 0.0901. The molecular weight excluding hydrogens is 322 g/mol. The molecule has 4 aliphatic rings. The average Bonchev–Trinajstić information content (AvgIpc) is 3.13. The van der Waals surface area contributed by atoms with Crippen molar-refractivity contribution in [3.8, 4) is 11.5 Å². The summed E-state index contributed by atoms with van der Waals surface area (Å²) >= 11 is 0. The molecule has 1 saturated heterocycles. The molecule has 25 heavy (non-hydrogen) atoms. The van der Waals surface area contributed by atoms with Gasteiger partial charge in [-0.25, -0.2) is 0 Å². The van der Waals surface area contributed by atoms with Crippen LogP contribution in [0, 0.1) is 0 Å². The molecule has 0 N–H and O–H groups in total. The molecule has 5 atom stereocenters. The van der Waals surface area contributed by atoms with Gasteiger partial charge >= 0.3 is 5.97 Å². The molecule has 6 nitrogen and oxygen atoms in total. The first-order chi connectivity index (χ1) is 12.1. The highest BCUT2D eigenvalue weighted by atomic mass is 16.7. The Labute approximate surface area is 146 Å². The Hall–Kier alpha value is -2.05. The van der Waals surface area contributed by atoms with Gasteiger partial charge in [-0.2, -0.15) is 0 Å². The van der Waals surface area contributed by atoms with Gasteiger partial charge in [-0.1, -0.05) is 12.2 Å². The second-order valence-corrected chi connectivity index (χ2v) is 7.21. The van der Waals surface area contributed by atoms with Crippen molar-refractivity contribution in [2.75, 3.05) is 20.4 Å². The zero-order valence-electron chi connectivity index (χ0n) is 14.4. The summed E-state index contributed by atoms with van der Waals surface area (Å²) in [6, 6.07) is 4.41. The SMILES string of the molecule is COC1C=C[C@]23c4cc5c(cc4CN(CC2OC(C)=O)[C@@H]3C1)OCO5. The van der Waals surface area contributed by atoms with Gasteiger partial charge in [-0.15, -0.1) is 0 Å². The number of esters is 1. The summed E-state index contributed by atoms with van der Waals surface area (Å²) in [5, 5.41) is 0. The molecule has 1 fully saturated rings. The van der Waals surface area contributed by atoms with E-state index in [9.17, 15) is 4.79 Å². The second kappa shape index (κ2) is 5.22. The van der Waals surface area contributed by atoms with Crippen molar-refractivity contribution >= 4 is 5.97 Å². The van der Waals surface area contributed by atoms with Gasteiger partial charge in [0.05, 0.1) is 11.5 Å². The van der Waals surface area contributed by atoms with Crippen molar-refractivity contribution in [1.82, 2.24) is 4.90 Å². The molecule has 132 valence electrons. The standard InChI is InChI=1S/C19H21NO5/c1-11(21)25-18-9-20-8-12-5-15-16(24-10-23-15)7-14(12)19(18)4-3-13(22-2)6-17(19)20/h3-5,7,13,17-18H,6,8-10H2,1-2H3/t13?,17-,18?,19-/m1/s1. The van der Waals surface area contributed by atoms with Gasteiger partial charge in [0.1, 0.15) is 6.10 Å². The Morgan fingerprint density at radius 1 is 1.32 bits per heavy atom. The van der Waals surface area contributed by atoms with Crippen molar-refractivity contribution in [2.24, 2.45) is 0 Å². The fourth-order valence-electron chi connectivity index (χ4n) is 5.00. The van der Waals surface area contributed by atoms with Crippen LogP contribution in [0.15, 0.2) is 24.3 Å². The number of benzene rings is 1. The van der Waals surface area contributed by atoms with Crippen LogP contribution in [0.5, 0.6) is 11.5 Å². The number of nitrogens with zero attached hydrogens (tertiary/aromatic N) is 1. The predicted octanol–water partition coefficient (Wildman–Crippen LogP) is 1.76. The van der Waals surface area contributed by atoms with Gasteiger partial charge in [-0.05, 0) is 29.7 Å². The highest BCUT2D eigenvalue weighted by Gasteiger charge is 2.60. The summed E-state index contributed by atoms with van der Waals surface area (Å²) in [5.41, 5.74) is 2.05. The Morgan fingerprint density at radius 2 is 2.12 bits per heavy atom. The molecule has 1 aliphatic carbocycles. The third kappa shape index (κ3) is 2.01. The summed E-state index contributed by atoms with van der Waals surface area (Å²) in [4.78, 5) is 14.2. The molecule has 6 heteroatoms. The van der Waals surface area contributed by atoms with E-state index < -0.39 is 0 Å². The molecule has 0 saturated carbocycles. The Kier molecular flexibility index (Phi) is 3.18. The largest absolute Gasteiger partial charge is 0.460 e. The Morgan fingerprint density at radius 3 is 2.88 bits per heavy atom. The van der Waals surface area contributed by atoms with Crippen molar-refractivity contribution < 1.29 is 23.7 Å². The lowest BCUT2D eigenvalue weighted by atomic mass is 9.65. The zero-order chi connectivity index (χ0) is 17.2. The topological polar surface area (TPSA) is 57.2 Å². The van der Waals surface area contributed by atoms with E-state index in [1.54, 1.807) is 7.11 Å². The predicted molar refractivity (Wildman–Crippen MR) is 88.5 cm³/mol. The normalized spacial score (nSPS) is 36.7. The van der Waals surface area contributed by atoms with Crippen LogP contribution in [-0.4, -0.2) is 49.6 Å². The zero-order valence-corrected chi connectivity index (χ0v) is 14.4. The number of fused-ring (bicyclic) bond motifs is 2. The smallest absolute Gasteiger partial charge is 0.302 e. The van der Waals surface area contributed by atoms with Crippen LogP contribution in [0.1, 0.15) is 24.5 Å². The fraction of sp³-hybridized carbons (Fsp3) is 0.526. The fourth-order valence-corrected chi connectivity index (χ4v) is 5.00. The van der Waals surface area contributed by atoms with Gasteiger partial charge in [0.25, 0.3) is 0 Å². The van der Waals surface area contributed by atoms with E-state index in [1.807, 2.05) is 0 Å². The molecule has 0 amide bonds. The van der Waals surface area contributed by atoms with Crippen LogP contribution in [-0.2, 0) is 26.2 Å². The molecular formula is C19H21NO5. The molecule has 3 heterocycles. The first kappa shape index (κ1) is 15.2. The molecule has 0 aromatic heterocycles. The highest BCUT2D eigenvalue weighted by Crippen LogP contribution is 2.54. The third-order valence-corrected chi connectivity index (χ3v) is 6.02. The molecule has 3 unspecified atom stereocenters. The highest BCUT2D eigenvalue weighted by molar-refractivity contribution is 5.67. The lowest BCUT2D eigenvalue weighted by Gasteiger charge is -2.46. The van der Waals surface area contributed by atoms with Gasteiger partial charge in [0, 0.05) is 33.2 Å². The lowest BCUT2D eigenvalue weighted by molar-refractivity contribution is -0.147. The van der Waals surface area contributed by atoms with E-state index >= 15 is 0 Å². The summed E-state index contributed by atoms with van der Waals surface area (Å²) in [5.74, 6) is 1.33. The van der Waals surface area contributed by atoms with Crippen molar-refractivity contribution in [3.63, 3.8) is 0 Å². The number of hydrogen-bond donors (Lipinski definition) is 0. The number of hydrogen-bond acceptors (Lipinski definition) is 6. The average molecular weight is 343 g/mol. The van der Waals surface area contributed by atoms with Crippen LogP contribution in [0.25, 0.3) is 0 Å². The van der Waals surface area contributed by atoms with E-state index in [4.69, 9.17) is 18.9 Å². The Bertz CT molecular complexity index is 775. The van der Waals surface area contributed by atoms with Crippen LogP contribution >= 0.6 is 0 Å². The van der Waals surface area contributed by atoms with E-state index in [-0.39, 0.29) is 36.4 Å². The number of carbonyl (C=O) groups excluding carboxylic acids is 1. The maximum Gasteiger partial charge on any atom is 0.302 e. The maximum atomic E-state index is 11.7. The first-order valence-electron chi connectivity index (χ1n) is 8.68. The Balaban J connectivity index is 1.69. The molecule has 1 aromatic rings. The first-order valence-corrected chi connectivity index (χ1v) is 8.68. The summed E-state index contributed by atoms with van der Waals surface area (Å²) < 4.78 is 22.5. The van der Waals surface area contributed by atoms with Gasteiger partial charge < -0.3 is 18.9 Å². The molecule has 0 spiro atoms. The van der Waals surface area contributed by atoms with E-state index in [2.05, 4.69) is 29.2 Å². The number of carbonyl (C=O) groups is 1. The van der Waals surface area contributed by atoms with Crippen molar-refractivity contribution in [1.29, 1.82) is 0 Å². The van der Waals surface area contributed by atoms with E-state index in [1.165, 1.54) is 18.1 Å². The third-order valence-electron chi connectivity index (χ3n) is 6.02. The summed E-state index contributed by atoms with van der Waals surface area (Å²) in [6.07, 6.45) is 5.08. The van der Waals surface area contributed by atoms with Crippen LogP contribution in [0.3, 0.4) is 0 Å². The van der Waals surface area contributed by atoms with Gasteiger partial charge in [0.2, 0.25) is 6.79 Å². The van der Waals surface area contributed by atoms with Crippen molar-refractivity contribution in [3.05, 3.63) is 35.4 Å². The number of methoxy groups -OCH3 is 1. The molecule has 5 rings (SSSR count). The van der Waals surface area contributed by atoms with E-state index in [0.717, 1.165) is 31.0 Å². The number of ether oxygens (including phenoxy) is 4. The van der Waals surface area contributed by atoms with E-state index in [0.29, 0.717) is 0 Å². The molecule has 3 aliphatic heterocycles. The maximum absolute atomic E-state index is 11.7. The minimum atomic E-state index is -0.352. The van der Waals surface area contributed by atoms with Gasteiger partial charge in [0.15, 0.2) is 11.5 Å². The quantitative estimate of drug-likeness (QED) is 0.602. The summed E-state index contributed by atoms with van der Waals surface area (Å²) in [7, 11) is 1.74. The lowest BCUT2D eigenvalue weighted by Crippen LogP contribution is -2.52. The molecule has 1 aromatic carbocycles. The van der Waals surface area contributed by atoms with Crippen LogP contribution < -0.4 is 9.47 Å². The molecule has 2 bridgehead atoms. The van der Waals surface area contributed by atoms with Crippen molar-refractivity contribution in [2.45, 2.75) is 43.6 Å². The van der Waals surface area contributed by atoms with Gasteiger partial charge in [-0.3, -0.25) is 9.69 Å². The second-order valence-electron chi connectivity index (χ2n) is 7.21. The monoisotopic (exact) mass is 343 g/mol. The minimum Gasteiger partial charge on any atom is -0.460 e. The number of rotatable bonds is 2. The summed E-state index contributed by atoms with van der Waals surface area (Å²) in [6.45, 7) is 3.29. The molecule has 0 radical (unpaired) electrons. The van der Waals surface area contributed by atoms with Crippen LogP contribution in [0.2, 0.25) is 0 Å².